The third-order valence-corrected chi connectivity index (χ3v) is 3.62. The van der Waals surface area contributed by atoms with Crippen LogP contribution in [0.2, 0.25) is 0 Å². The number of benzene rings is 1. The molecule has 1 aliphatic heterocycles. The monoisotopic (exact) mass is 331 g/mol. The van der Waals surface area contributed by atoms with Crippen molar-refractivity contribution in [3.05, 3.63) is 28.3 Å². The number of halogens is 2. The molecule has 0 aromatic heterocycles. The van der Waals surface area contributed by atoms with Crippen molar-refractivity contribution >= 4 is 11.4 Å². The van der Waals surface area contributed by atoms with Crippen molar-refractivity contribution in [2.24, 2.45) is 0 Å². The van der Waals surface area contributed by atoms with Gasteiger partial charge in [0.1, 0.15) is 0 Å². The molecule has 128 valence electrons. The fraction of sp³-hybridized carbons (Fsp3) is 0.571. The molecule has 0 saturated carbocycles. The number of morpholine rings is 1. The molecule has 2 atom stereocenters. The summed E-state index contributed by atoms with van der Waals surface area (Å²) >= 11 is 0. The number of anilines is 1. The van der Waals surface area contributed by atoms with E-state index in [1.54, 1.807) is 0 Å². The number of nitro benzene ring substituents is 1. The minimum atomic E-state index is -3.13. The zero-order chi connectivity index (χ0) is 17.0. The highest BCUT2D eigenvalue weighted by Gasteiger charge is 2.25. The first kappa shape index (κ1) is 17.4. The van der Waals surface area contributed by atoms with Crippen molar-refractivity contribution in [3.63, 3.8) is 0 Å². The Morgan fingerprint density at radius 2 is 2.26 bits per heavy atom. The summed E-state index contributed by atoms with van der Waals surface area (Å²) in [5.74, 6) is -0.469. The Morgan fingerprint density at radius 3 is 2.87 bits per heavy atom. The van der Waals surface area contributed by atoms with Crippen LogP contribution >= 0.6 is 0 Å². The Kier molecular flexibility index (Phi) is 5.67. The van der Waals surface area contributed by atoms with Crippen LogP contribution in [0.1, 0.15) is 6.92 Å². The van der Waals surface area contributed by atoms with E-state index in [9.17, 15) is 18.9 Å². The van der Waals surface area contributed by atoms with Crippen molar-refractivity contribution in [2.75, 3.05) is 32.1 Å². The molecule has 9 heteroatoms. The zero-order valence-electron chi connectivity index (χ0n) is 12.9. The van der Waals surface area contributed by atoms with Gasteiger partial charge in [-0.3, -0.25) is 10.1 Å². The van der Waals surface area contributed by atoms with Gasteiger partial charge < -0.3 is 19.7 Å². The van der Waals surface area contributed by atoms with Crippen LogP contribution in [0.4, 0.5) is 20.2 Å². The summed E-state index contributed by atoms with van der Waals surface area (Å²) in [6, 6.07) is 3.70. The predicted octanol–water partition coefficient (Wildman–Crippen LogP) is 2.33. The fourth-order valence-corrected chi connectivity index (χ4v) is 2.41. The number of rotatable bonds is 6. The Bertz CT molecular complexity index is 559. The summed E-state index contributed by atoms with van der Waals surface area (Å²) in [5.41, 5.74) is -0.0484. The number of hydrogen-bond donors (Lipinski definition) is 1. The Balaban J connectivity index is 2.11. The quantitative estimate of drug-likeness (QED) is 0.637. The number of likely N-dealkylation sites (N-methyl/N-ethyl adjacent to an activating group) is 1. The minimum Gasteiger partial charge on any atom is -0.427 e. The lowest BCUT2D eigenvalue weighted by molar-refractivity contribution is -0.386. The van der Waals surface area contributed by atoms with E-state index in [1.807, 2.05) is 14.0 Å². The molecule has 1 aliphatic rings. The van der Waals surface area contributed by atoms with Crippen LogP contribution in [0.3, 0.4) is 0 Å². The van der Waals surface area contributed by atoms with Gasteiger partial charge in [0.15, 0.2) is 0 Å². The first-order valence-corrected chi connectivity index (χ1v) is 7.16. The summed E-state index contributed by atoms with van der Waals surface area (Å²) in [5, 5.41) is 14.0. The highest BCUT2D eigenvalue weighted by Crippen LogP contribution is 2.31. The first-order chi connectivity index (χ1) is 10.9. The predicted molar refractivity (Wildman–Crippen MR) is 80.1 cm³/mol. The van der Waals surface area contributed by atoms with Gasteiger partial charge in [-0.2, -0.15) is 8.78 Å². The average molecular weight is 331 g/mol. The van der Waals surface area contributed by atoms with Gasteiger partial charge in [0.05, 0.1) is 23.7 Å². The van der Waals surface area contributed by atoms with Crippen LogP contribution in [-0.2, 0) is 4.74 Å². The van der Waals surface area contributed by atoms with Gasteiger partial charge >= 0.3 is 12.3 Å². The SMILES string of the molecule is CC(Nc1ccc([N+](=O)[O-])c(OC(F)F)c1)C1CN(C)CCO1. The lowest BCUT2D eigenvalue weighted by Gasteiger charge is -2.34. The Morgan fingerprint density at radius 1 is 1.52 bits per heavy atom. The highest BCUT2D eigenvalue weighted by molar-refractivity contribution is 5.58. The summed E-state index contributed by atoms with van der Waals surface area (Å²) < 4.78 is 34.7. The molecular formula is C14H19F2N3O4. The molecule has 0 amide bonds. The van der Waals surface area contributed by atoms with E-state index < -0.39 is 23.0 Å². The molecule has 1 N–H and O–H groups in total. The maximum Gasteiger partial charge on any atom is 0.387 e. The van der Waals surface area contributed by atoms with E-state index in [0.29, 0.717) is 12.3 Å². The van der Waals surface area contributed by atoms with Crippen molar-refractivity contribution in [1.82, 2.24) is 4.90 Å². The number of nitrogens with one attached hydrogen (secondary N) is 1. The van der Waals surface area contributed by atoms with Gasteiger partial charge in [-0.25, -0.2) is 0 Å². The van der Waals surface area contributed by atoms with E-state index in [0.717, 1.165) is 19.2 Å². The first-order valence-electron chi connectivity index (χ1n) is 7.16. The van der Waals surface area contributed by atoms with Crippen molar-refractivity contribution in [3.8, 4) is 5.75 Å². The van der Waals surface area contributed by atoms with Crippen LogP contribution in [0.15, 0.2) is 18.2 Å². The molecule has 2 unspecified atom stereocenters. The molecule has 1 saturated heterocycles. The van der Waals surface area contributed by atoms with Crippen LogP contribution in [0.25, 0.3) is 0 Å². The molecule has 23 heavy (non-hydrogen) atoms. The summed E-state index contributed by atoms with van der Waals surface area (Å²) in [6.45, 7) is 0.984. The molecule has 1 aromatic carbocycles. The molecule has 1 fully saturated rings. The molecular weight excluding hydrogens is 312 g/mol. The van der Waals surface area contributed by atoms with Gasteiger partial charge in [0.25, 0.3) is 0 Å². The van der Waals surface area contributed by atoms with Gasteiger partial charge in [-0.15, -0.1) is 0 Å². The molecule has 1 aromatic rings. The summed E-state index contributed by atoms with van der Waals surface area (Å²) in [6.07, 6.45) is -0.0663. The highest BCUT2D eigenvalue weighted by atomic mass is 19.3. The molecule has 7 nitrogen and oxygen atoms in total. The second kappa shape index (κ2) is 7.51. The Labute approximate surface area is 132 Å². The zero-order valence-corrected chi connectivity index (χ0v) is 12.9. The standard InChI is InChI=1S/C14H19F2N3O4/c1-9(13-8-18(2)5-6-22-13)17-10-3-4-11(19(20)21)12(7-10)23-14(15)16/h3-4,7,9,13-14,17H,5-6,8H2,1-2H3. The van der Waals surface area contributed by atoms with E-state index >= 15 is 0 Å². The molecule has 0 spiro atoms. The Hall–Kier alpha value is -2.00. The molecule has 0 bridgehead atoms. The molecule has 1 heterocycles. The van der Waals surface area contributed by atoms with Crippen molar-refractivity contribution in [1.29, 1.82) is 0 Å². The maximum atomic E-state index is 12.4. The fourth-order valence-electron chi connectivity index (χ4n) is 2.41. The van der Waals surface area contributed by atoms with E-state index in [1.165, 1.54) is 12.1 Å². The third kappa shape index (κ3) is 4.73. The van der Waals surface area contributed by atoms with E-state index in [-0.39, 0.29) is 12.1 Å². The summed E-state index contributed by atoms with van der Waals surface area (Å²) in [4.78, 5) is 12.2. The van der Waals surface area contributed by atoms with Gasteiger partial charge in [-0.1, -0.05) is 0 Å². The van der Waals surface area contributed by atoms with E-state index in [4.69, 9.17) is 4.74 Å². The molecule has 0 radical (unpaired) electrons. The molecule has 2 rings (SSSR count). The number of hydrogen-bond acceptors (Lipinski definition) is 6. The summed E-state index contributed by atoms with van der Waals surface area (Å²) in [7, 11) is 1.99. The minimum absolute atomic E-state index is 0.0663. The third-order valence-electron chi connectivity index (χ3n) is 3.62. The number of nitrogens with zero attached hydrogens (tertiary/aromatic N) is 2. The van der Waals surface area contributed by atoms with Crippen molar-refractivity contribution in [2.45, 2.75) is 25.7 Å². The van der Waals surface area contributed by atoms with Crippen LogP contribution in [-0.4, -0.2) is 55.3 Å². The number of ether oxygens (including phenoxy) is 2. The van der Waals surface area contributed by atoms with E-state index in [2.05, 4.69) is 15.0 Å². The lowest BCUT2D eigenvalue weighted by atomic mass is 10.1. The number of nitro groups is 1. The number of alkyl halides is 2. The van der Waals surface area contributed by atoms with Gasteiger partial charge in [0.2, 0.25) is 5.75 Å². The van der Waals surface area contributed by atoms with Crippen LogP contribution in [0.5, 0.6) is 5.75 Å². The van der Waals surface area contributed by atoms with Gasteiger partial charge in [0, 0.05) is 30.9 Å². The average Bonchev–Trinajstić information content (AvgIpc) is 2.46. The largest absolute Gasteiger partial charge is 0.427 e. The normalized spacial score (nSPS) is 20.3. The second-order valence-electron chi connectivity index (χ2n) is 5.42. The van der Waals surface area contributed by atoms with Crippen molar-refractivity contribution < 1.29 is 23.2 Å². The van der Waals surface area contributed by atoms with Gasteiger partial charge in [-0.05, 0) is 20.0 Å². The van der Waals surface area contributed by atoms with Crippen LogP contribution < -0.4 is 10.1 Å². The smallest absolute Gasteiger partial charge is 0.387 e. The molecule has 0 aliphatic carbocycles. The second-order valence-corrected chi connectivity index (χ2v) is 5.42. The lowest BCUT2D eigenvalue weighted by Crippen LogP contribution is -2.47. The van der Waals surface area contributed by atoms with Crippen LogP contribution in [0, 0.1) is 10.1 Å². The topological polar surface area (TPSA) is 76.9 Å². The maximum absolute atomic E-state index is 12.4.